The van der Waals surface area contributed by atoms with Gasteiger partial charge >= 0.3 is 11.9 Å². The average Bonchev–Trinajstić information content (AvgIpc) is 2.43. The van der Waals surface area contributed by atoms with E-state index in [1.807, 2.05) is 0 Å². The van der Waals surface area contributed by atoms with Gasteiger partial charge in [0.15, 0.2) is 5.78 Å². The number of ether oxygens (including phenoxy) is 3. The second kappa shape index (κ2) is 6.53. The quantitative estimate of drug-likeness (QED) is 0.746. The molecule has 0 fully saturated rings. The van der Waals surface area contributed by atoms with E-state index in [2.05, 4.69) is 9.47 Å². The summed E-state index contributed by atoms with van der Waals surface area (Å²) in [5, 5.41) is 0. The zero-order valence-corrected chi connectivity index (χ0v) is 10.9. The van der Waals surface area contributed by atoms with Gasteiger partial charge in [-0.1, -0.05) is 0 Å². The monoisotopic (exact) mass is 266 g/mol. The Morgan fingerprint density at radius 2 is 1.68 bits per heavy atom. The molecule has 6 heteroatoms. The summed E-state index contributed by atoms with van der Waals surface area (Å²) in [5.74, 6) is -1.25. The highest BCUT2D eigenvalue weighted by Crippen LogP contribution is 2.21. The van der Waals surface area contributed by atoms with Gasteiger partial charge in [0.05, 0.1) is 19.8 Å². The van der Waals surface area contributed by atoms with E-state index in [0.717, 1.165) is 0 Å². The lowest BCUT2D eigenvalue weighted by molar-refractivity contribution is -0.118. The van der Waals surface area contributed by atoms with Crippen LogP contribution in [0.5, 0.6) is 5.75 Å². The Kier molecular flexibility index (Phi) is 5.05. The molecule has 19 heavy (non-hydrogen) atoms. The Morgan fingerprint density at radius 3 is 2.21 bits per heavy atom. The zero-order valence-electron chi connectivity index (χ0n) is 10.9. The molecule has 0 bridgehead atoms. The van der Waals surface area contributed by atoms with Crippen molar-refractivity contribution in [2.45, 2.75) is 6.92 Å². The molecule has 0 saturated heterocycles. The summed E-state index contributed by atoms with van der Waals surface area (Å²) in [6.07, 6.45) is 0. The SMILES string of the molecule is COC(=O)c1ccc(OCC(C)=O)c(C(=O)OC)c1. The second-order valence-electron chi connectivity index (χ2n) is 3.68. The first-order chi connectivity index (χ1) is 8.99. The maximum atomic E-state index is 11.6. The van der Waals surface area contributed by atoms with Crippen LogP contribution in [0.15, 0.2) is 18.2 Å². The number of carbonyl (C=O) groups excluding carboxylic acids is 3. The Hall–Kier alpha value is -2.37. The largest absolute Gasteiger partial charge is 0.485 e. The van der Waals surface area contributed by atoms with E-state index < -0.39 is 11.9 Å². The Labute approximate surface area is 110 Å². The molecule has 6 nitrogen and oxygen atoms in total. The van der Waals surface area contributed by atoms with Gasteiger partial charge in [-0.3, -0.25) is 4.79 Å². The average molecular weight is 266 g/mol. The minimum Gasteiger partial charge on any atom is -0.485 e. The van der Waals surface area contributed by atoms with Crippen molar-refractivity contribution in [2.75, 3.05) is 20.8 Å². The van der Waals surface area contributed by atoms with Gasteiger partial charge in [-0.05, 0) is 25.1 Å². The third-order valence-electron chi connectivity index (χ3n) is 2.24. The highest BCUT2D eigenvalue weighted by atomic mass is 16.5. The van der Waals surface area contributed by atoms with Crippen molar-refractivity contribution >= 4 is 17.7 Å². The molecule has 0 unspecified atom stereocenters. The molecule has 0 atom stereocenters. The first-order valence-corrected chi connectivity index (χ1v) is 5.42. The summed E-state index contributed by atoms with van der Waals surface area (Å²) in [5.41, 5.74) is 0.254. The number of hydrogen-bond donors (Lipinski definition) is 0. The van der Waals surface area contributed by atoms with Gasteiger partial charge in [-0.25, -0.2) is 9.59 Å². The van der Waals surface area contributed by atoms with Crippen LogP contribution in [0.4, 0.5) is 0 Å². The molecule has 0 heterocycles. The van der Waals surface area contributed by atoms with Gasteiger partial charge in [0.25, 0.3) is 0 Å². The summed E-state index contributed by atoms with van der Waals surface area (Å²) in [4.78, 5) is 33.9. The van der Waals surface area contributed by atoms with Crippen molar-refractivity contribution in [3.05, 3.63) is 29.3 Å². The molecule has 0 saturated carbocycles. The molecule has 0 amide bonds. The minimum absolute atomic E-state index is 0.0617. The van der Waals surface area contributed by atoms with Gasteiger partial charge in [-0.15, -0.1) is 0 Å². The fourth-order valence-electron chi connectivity index (χ4n) is 1.35. The molecule has 0 aliphatic heterocycles. The second-order valence-corrected chi connectivity index (χ2v) is 3.68. The molecular formula is C13H14O6. The van der Waals surface area contributed by atoms with Crippen molar-refractivity contribution in [2.24, 2.45) is 0 Å². The van der Waals surface area contributed by atoms with Crippen LogP contribution in [-0.4, -0.2) is 38.5 Å². The highest BCUT2D eigenvalue weighted by Gasteiger charge is 2.17. The summed E-state index contributed by atoms with van der Waals surface area (Å²) in [7, 11) is 2.45. The van der Waals surface area contributed by atoms with Crippen LogP contribution in [0.3, 0.4) is 0 Å². The third-order valence-corrected chi connectivity index (χ3v) is 2.24. The maximum Gasteiger partial charge on any atom is 0.341 e. The van der Waals surface area contributed by atoms with E-state index in [9.17, 15) is 14.4 Å². The molecule has 0 aliphatic rings. The highest BCUT2D eigenvalue weighted by molar-refractivity contribution is 5.97. The summed E-state index contributed by atoms with van der Waals surface area (Å²) < 4.78 is 14.3. The van der Waals surface area contributed by atoms with Crippen molar-refractivity contribution in [3.63, 3.8) is 0 Å². The zero-order chi connectivity index (χ0) is 14.4. The first kappa shape index (κ1) is 14.7. The number of ketones is 1. The van der Waals surface area contributed by atoms with E-state index in [4.69, 9.17) is 4.74 Å². The van der Waals surface area contributed by atoms with Crippen LogP contribution in [0.2, 0.25) is 0 Å². The molecule has 0 N–H and O–H groups in total. The number of benzene rings is 1. The predicted molar refractivity (Wildman–Crippen MR) is 65.3 cm³/mol. The first-order valence-electron chi connectivity index (χ1n) is 5.42. The van der Waals surface area contributed by atoms with Crippen molar-refractivity contribution in [3.8, 4) is 5.75 Å². The van der Waals surface area contributed by atoms with Gasteiger partial charge in [0, 0.05) is 0 Å². The smallest absolute Gasteiger partial charge is 0.341 e. The number of methoxy groups -OCH3 is 2. The fraction of sp³-hybridized carbons (Fsp3) is 0.308. The Morgan fingerprint density at radius 1 is 1.05 bits per heavy atom. The van der Waals surface area contributed by atoms with E-state index in [0.29, 0.717) is 0 Å². The minimum atomic E-state index is -0.663. The molecule has 0 aromatic heterocycles. The predicted octanol–water partition coefficient (Wildman–Crippen LogP) is 1.23. The van der Waals surface area contributed by atoms with Gasteiger partial charge in [-0.2, -0.15) is 0 Å². The van der Waals surface area contributed by atoms with Crippen molar-refractivity contribution < 1.29 is 28.6 Å². The Bertz CT molecular complexity index is 506. The van der Waals surface area contributed by atoms with Crippen LogP contribution in [-0.2, 0) is 14.3 Å². The van der Waals surface area contributed by atoms with Crippen LogP contribution in [0.25, 0.3) is 0 Å². The van der Waals surface area contributed by atoms with E-state index in [1.165, 1.54) is 39.3 Å². The van der Waals surface area contributed by atoms with E-state index in [-0.39, 0.29) is 29.3 Å². The molecule has 102 valence electrons. The van der Waals surface area contributed by atoms with Crippen LogP contribution in [0.1, 0.15) is 27.6 Å². The molecule has 0 aliphatic carbocycles. The maximum absolute atomic E-state index is 11.6. The van der Waals surface area contributed by atoms with Crippen molar-refractivity contribution in [1.29, 1.82) is 0 Å². The molecule has 0 radical (unpaired) electrons. The molecule has 0 spiro atoms. The van der Waals surface area contributed by atoms with Gasteiger partial charge in [0.2, 0.25) is 0 Å². The van der Waals surface area contributed by atoms with E-state index in [1.54, 1.807) is 0 Å². The van der Waals surface area contributed by atoms with Crippen molar-refractivity contribution in [1.82, 2.24) is 0 Å². The van der Waals surface area contributed by atoms with Gasteiger partial charge < -0.3 is 14.2 Å². The molecular weight excluding hydrogens is 252 g/mol. The number of esters is 2. The summed E-state index contributed by atoms with van der Waals surface area (Å²) in [6.45, 7) is 1.20. The van der Waals surface area contributed by atoms with Crippen LogP contribution >= 0.6 is 0 Å². The Balaban J connectivity index is 3.12. The van der Waals surface area contributed by atoms with E-state index >= 15 is 0 Å². The number of rotatable bonds is 5. The molecule has 1 aromatic carbocycles. The molecule has 1 rings (SSSR count). The third kappa shape index (κ3) is 3.80. The van der Waals surface area contributed by atoms with Gasteiger partial charge in [0.1, 0.15) is 17.9 Å². The number of carbonyl (C=O) groups is 3. The number of hydrogen-bond acceptors (Lipinski definition) is 6. The standard InChI is InChI=1S/C13H14O6/c1-8(14)7-19-11-5-4-9(12(15)17-2)6-10(11)13(16)18-3/h4-6H,7H2,1-3H3. The number of Topliss-reactive ketones (excluding diaryl/α,β-unsaturated/α-hetero) is 1. The lowest BCUT2D eigenvalue weighted by Crippen LogP contribution is -2.12. The lowest BCUT2D eigenvalue weighted by Gasteiger charge is -2.10. The van der Waals surface area contributed by atoms with Crippen LogP contribution < -0.4 is 4.74 Å². The normalized spacial score (nSPS) is 9.63. The topological polar surface area (TPSA) is 78.9 Å². The summed E-state index contributed by atoms with van der Waals surface area (Å²) >= 11 is 0. The van der Waals surface area contributed by atoms with Crippen LogP contribution in [0, 0.1) is 0 Å². The fourth-order valence-corrected chi connectivity index (χ4v) is 1.35. The lowest BCUT2D eigenvalue weighted by atomic mass is 10.1. The molecule has 1 aromatic rings. The summed E-state index contributed by atoms with van der Waals surface area (Å²) in [6, 6.07) is 4.16.